The second kappa shape index (κ2) is 7.04. The van der Waals surface area contributed by atoms with Gasteiger partial charge in [0.1, 0.15) is 5.82 Å². The zero-order valence-electron chi connectivity index (χ0n) is 16.4. The van der Waals surface area contributed by atoms with E-state index in [1.807, 2.05) is 13.1 Å². The first kappa shape index (κ1) is 19.0. The average molecular weight is 421 g/mol. The number of fused-ring (bicyclic) bond motifs is 2. The standard InChI is InChI=1S/C23H20FN3O2S/c1-26-11-8-17(9-12-26)21-15-27(22-6-5-18(24)13-19(21)22)30(28,29)23-4-2-3-16-7-10-25-14-20(16)23/h2-8,10,13-15H,9,11-12H2,1H3. The topological polar surface area (TPSA) is 55.2 Å². The zero-order valence-corrected chi connectivity index (χ0v) is 17.2. The summed E-state index contributed by atoms with van der Waals surface area (Å²) in [4.78, 5) is 6.47. The van der Waals surface area contributed by atoms with Crippen molar-refractivity contribution in [3.63, 3.8) is 0 Å². The smallest absolute Gasteiger partial charge is 0.268 e. The number of likely N-dealkylation sites (N-methyl/N-ethyl adjacent to an activating group) is 1. The van der Waals surface area contributed by atoms with Gasteiger partial charge in [-0.3, -0.25) is 4.98 Å². The molecule has 0 saturated carbocycles. The van der Waals surface area contributed by atoms with Crippen LogP contribution in [0.25, 0.3) is 27.2 Å². The molecule has 7 heteroatoms. The van der Waals surface area contributed by atoms with Crippen molar-refractivity contribution < 1.29 is 12.8 Å². The van der Waals surface area contributed by atoms with Crippen LogP contribution in [-0.4, -0.2) is 42.4 Å². The summed E-state index contributed by atoms with van der Waals surface area (Å²) in [7, 11) is -1.88. The van der Waals surface area contributed by atoms with E-state index in [0.717, 1.165) is 36.0 Å². The Morgan fingerprint density at radius 1 is 1.10 bits per heavy atom. The Balaban J connectivity index is 1.77. The van der Waals surface area contributed by atoms with E-state index in [-0.39, 0.29) is 10.7 Å². The summed E-state index contributed by atoms with van der Waals surface area (Å²) < 4.78 is 42.8. The van der Waals surface area contributed by atoms with Gasteiger partial charge in [0.15, 0.2) is 0 Å². The van der Waals surface area contributed by atoms with Gasteiger partial charge >= 0.3 is 0 Å². The Morgan fingerprint density at radius 3 is 2.77 bits per heavy atom. The van der Waals surface area contributed by atoms with E-state index in [1.165, 1.54) is 22.2 Å². The molecular formula is C23H20FN3O2S. The van der Waals surface area contributed by atoms with E-state index in [0.29, 0.717) is 16.3 Å². The Labute approximate surface area is 174 Å². The Kier molecular flexibility index (Phi) is 4.45. The molecule has 0 atom stereocenters. The molecule has 0 saturated heterocycles. The molecule has 0 aliphatic carbocycles. The van der Waals surface area contributed by atoms with Gasteiger partial charge in [0.25, 0.3) is 10.0 Å². The summed E-state index contributed by atoms with van der Waals surface area (Å²) in [6.07, 6.45) is 7.70. The van der Waals surface area contributed by atoms with E-state index in [9.17, 15) is 12.8 Å². The van der Waals surface area contributed by atoms with Crippen LogP contribution in [-0.2, 0) is 10.0 Å². The third kappa shape index (κ3) is 3.02. The van der Waals surface area contributed by atoms with Crippen LogP contribution in [0.2, 0.25) is 0 Å². The maximum Gasteiger partial charge on any atom is 0.268 e. The SMILES string of the molecule is CN1CC=C(c2cn(S(=O)(=O)c3cccc4ccncc34)c3ccc(F)cc23)CC1. The molecule has 0 bridgehead atoms. The van der Waals surface area contributed by atoms with Crippen molar-refractivity contribution in [1.82, 2.24) is 13.9 Å². The number of halogens is 1. The van der Waals surface area contributed by atoms with Crippen molar-refractivity contribution in [3.8, 4) is 0 Å². The number of pyridine rings is 1. The monoisotopic (exact) mass is 421 g/mol. The summed E-state index contributed by atoms with van der Waals surface area (Å²) in [5, 5.41) is 1.96. The minimum atomic E-state index is -3.92. The molecule has 0 amide bonds. The van der Waals surface area contributed by atoms with Crippen LogP contribution in [0.1, 0.15) is 12.0 Å². The predicted octanol–water partition coefficient (Wildman–Crippen LogP) is 4.28. The lowest BCUT2D eigenvalue weighted by Gasteiger charge is -2.21. The molecule has 152 valence electrons. The van der Waals surface area contributed by atoms with E-state index in [1.54, 1.807) is 36.8 Å². The lowest BCUT2D eigenvalue weighted by Crippen LogP contribution is -2.23. The first-order valence-corrected chi connectivity index (χ1v) is 11.2. The van der Waals surface area contributed by atoms with Crippen molar-refractivity contribution in [1.29, 1.82) is 0 Å². The molecule has 1 aliphatic heterocycles. The maximum absolute atomic E-state index is 14.1. The van der Waals surface area contributed by atoms with Gasteiger partial charge in [0, 0.05) is 48.0 Å². The Morgan fingerprint density at radius 2 is 1.97 bits per heavy atom. The predicted molar refractivity (Wildman–Crippen MR) is 116 cm³/mol. The quantitative estimate of drug-likeness (QED) is 0.495. The van der Waals surface area contributed by atoms with Crippen LogP contribution in [0, 0.1) is 5.82 Å². The van der Waals surface area contributed by atoms with Gasteiger partial charge in [-0.05, 0) is 54.8 Å². The van der Waals surface area contributed by atoms with Crippen molar-refractivity contribution in [3.05, 3.63) is 78.5 Å². The molecule has 0 fully saturated rings. The van der Waals surface area contributed by atoms with Gasteiger partial charge in [-0.2, -0.15) is 0 Å². The number of nitrogens with zero attached hydrogens (tertiary/aromatic N) is 3. The molecule has 0 unspecified atom stereocenters. The molecule has 5 nitrogen and oxygen atoms in total. The average Bonchev–Trinajstić information content (AvgIpc) is 3.13. The summed E-state index contributed by atoms with van der Waals surface area (Å²) in [5.74, 6) is -0.387. The van der Waals surface area contributed by atoms with Gasteiger partial charge in [-0.15, -0.1) is 0 Å². The maximum atomic E-state index is 14.1. The molecule has 0 spiro atoms. The number of aromatic nitrogens is 2. The fraction of sp³-hybridized carbons (Fsp3) is 0.174. The first-order chi connectivity index (χ1) is 14.4. The molecule has 30 heavy (non-hydrogen) atoms. The second-order valence-electron chi connectivity index (χ2n) is 7.60. The first-order valence-electron chi connectivity index (χ1n) is 9.72. The van der Waals surface area contributed by atoms with Crippen LogP contribution in [0.3, 0.4) is 0 Å². The number of hydrogen-bond donors (Lipinski definition) is 0. The fourth-order valence-electron chi connectivity index (χ4n) is 4.06. The zero-order chi connectivity index (χ0) is 20.9. The van der Waals surface area contributed by atoms with Crippen LogP contribution in [0.4, 0.5) is 4.39 Å². The van der Waals surface area contributed by atoms with E-state index < -0.39 is 10.0 Å². The number of rotatable bonds is 3. The normalized spacial score (nSPS) is 15.6. The van der Waals surface area contributed by atoms with Crippen LogP contribution >= 0.6 is 0 Å². The highest BCUT2D eigenvalue weighted by Gasteiger charge is 2.25. The molecule has 2 aromatic heterocycles. The van der Waals surface area contributed by atoms with Crippen molar-refractivity contribution in [2.75, 3.05) is 20.1 Å². The molecule has 1 aliphatic rings. The minimum absolute atomic E-state index is 0.179. The molecule has 2 aromatic carbocycles. The molecule has 4 aromatic rings. The highest BCUT2D eigenvalue weighted by atomic mass is 32.2. The van der Waals surface area contributed by atoms with Crippen LogP contribution < -0.4 is 0 Å². The molecule has 0 radical (unpaired) electrons. The molecular weight excluding hydrogens is 401 g/mol. The fourth-order valence-corrected chi connectivity index (χ4v) is 5.63. The Bertz CT molecular complexity index is 1420. The van der Waals surface area contributed by atoms with Crippen molar-refractivity contribution in [2.45, 2.75) is 11.3 Å². The van der Waals surface area contributed by atoms with E-state index >= 15 is 0 Å². The van der Waals surface area contributed by atoms with E-state index in [4.69, 9.17) is 0 Å². The molecule has 0 N–H and O–H groups in total. The minimum Gasteiger partial charge on any atom is -0.302 e. The highest BCUT2D eigenvalue weighted by Crippen LogP contribution is 2.34. The van der Waals surface area contributed by atoms with Gasteiger partial charge in [-0.1, -0.05) is 18.2 Å². The van der Waals surface area contributed by atoms with Gasteiger partial charge in [0.05, 0.1) is 10.4 Å². The van der Waals surface area contributed by atoms with Crippen LogP contribution in [0.15, 0.2) is 72.0 Å². The summed E-state index contributed by atoms with van der Waals surface area (Å²) in [6, 6.07) is 11.2. The number of hydrogen-bond acceptors (Lipinski definition) is 4. The third-order valence-electron chi connectivity index (χ3n) is 5.67. The second-order valence-corrected chi connectivity index (χ2v) is 9.38. The van der Waals surface area contributed by atoms with Crippen LogP contribution in [0.5, 0.6) is 0 Å². The van der Waals surface area contributed by atoms with Crippen molar-refractivity contribution >= 4 is 37.3 Å². The summed E-state index contributed by atoms with van der Waals surface area (Å²) >= 11 is 0. The Hall–Kier alpha value is -3.03. The van der Waals surface area contributed by atoms with Gasteiger partial charge in [-0.25, -0.2) is 16.8 Å². The largest absolute Gasteiger partial charge is 0.302 e. The van der Waals surface area contributed by atoms with Gasteiger partial charge < -0.3 is 4.90 Å². The summed E-state index contributed by atoms with van der Waals surface area (Å²) in [6.45, 7) is 1.65. The lowest BCUT2D eigenvalue weighted by atomic mass is 9.99. The number of benzene rings is 2. The molecule has 5 rings (SSSR count). The molecule has 3 heterocycles. The summed E-state index contributed by atoms with van der Waals surface area (Å²) in [5.41, 5.74) is 2.27. The third-order valence-corrected chi connectivity index (χ3v) is 7.40. The van der Waals surface area contributed by atoms with Gasteiger partial charge in [0.2, 0.25) is 0 Å². The highest BCUT2D eigenvalue weighted by molar-refractivity contribution is 7.90. The lowest BCUT2D eigenvalue weighted by molar-refractivity contribution is 0.370. The van der Waals surface area contributed by atoms with Crippen molar-refractivity contribution in [2.24, 2.45) is 0 Å². The van der Waals surface area contributed by atoms with E-state index in [2.05, 4.69) is 16.0 Å².